The molecule has 0 bridgehead atoms. The van der Waals surface area contributed by atoms with Crippen LogP contribution in [0.1, 0.15) is 17.3 Å². The molecule has 0 radical (unpaired) electrons. The summed E-state index contributed by atoms with van der Waals surface area (Å²) in [6, 6.07) is 1.78. The summed E-state index contributed by atoms with van der Waals surface area (Å²) in [5, 5.41) is 2.45. The van der Waals surface area contributed by atoms with Crippen molar-refractivity contribution >= 4 is 23.8 Å². The number of ether oxygens (including phenoxy) is 3. The third-order valence-electron chi connectivity index (χ3n) is 3.63. The zero-order valence-electron chi connectivity index (χ0n) is 14.3. The van der Waals surface area contributed by atoms with Gasteiger partial charge in [-0.3, -0.25) is 19.4 Å². The van der Waals surface area contributed by atoms with Crippen LogP contribution in [0, 0.1) is 11.8 Å². The second-order valence-corrected chi connectivity index (χ2v) is 5.10. The molecule has 1 heterocycles. The van der Waals surface area contributed by atoms with Crippen molar-refractivity contribution in [3.8, 4) is 0 Å². The van der Waals surface area contributed by atoms with Crippen molar-refractivity contribution in [1.29, 1.82) is 0 Å². The van der Waals surface area contributed by atoms with Gasteiger partial charge in [-0.05, 0) is 12.1 Å². The summed E-state index contributed by atoms with van der Waals surface area (Å²) in [7, 11) is 3.34. The average molecular weight is 352 g/mol. The summed E-state index contributed by atoms with van der Waals surface area (Å²) in [6.45, 7) is 1.43. The summed E-state index contributed by atoms with van der Waals surface area (Å²) in [5.74, 6) is -5.58. The van der Waals surface area contributed by atoms with E-state index < -0.39 is 41.7 Å². The van der Waals surface area contributed by atoms with Crippen molar-refractivity contribution in [1.82, 2.24) is 10.3 Å². The Labute approximate surface area is 144 Å². The molecule has 0 saturated heterocycles. The number of esters is 3. The number of amides is 1. The van der Waals surface area contributed by atoms with Gasteiger partial charge in [-0.25, -0.2) is 4.79 Å². The Kier molecular flexibility index (Phi) is 7.51. The fourth-order valence-electron chi connectivity index (χ4n) is 2.23. The molecule has 1 aromatic heterocycles. The van der Waals surface area contributed by atoms with Crippen LogP contribution in [0.3, 0.4) is 0 Å². The highest BCUT2D eigenvalue weighted by molar-refractivity contribution is 5.98. The Bertz CT molecular complexity index is 617. The number of methoxy groups -OCH3 is 3. The standard InChI is InChI=1S/C16H20N2O7/c1-9(11(14(20)23-2)15(21)24-3)12(16(22)25-4)18-13(19)10-6-5-7-17-8-10/h5-9,11-12H,1-4H3,(H,18,19)/t9-,12+/m1/s1. The van der Waals surface area contributed by atoms with E-state index >= 15 is 0 Å². The van der Waals surface area contributed by atoms with Gasteiger partial charge in [-0.1, -0.05) is 6.92 Å². The van der Waals surface area contributed by atoms with Crippen molar-refractivity contribution < 1.29 is 33.4 Å². The van der Waals surface area contributed by atoms with E-state index in [2.05, 4.69) is 24.5 Å². The maximum Gasteiger partial charge on any atom is 0.328 e. The molecule has 1 N–H and O–H groups in total. The lowest BCUT2D eigenvalue weighted by Crippen LogP contribution is -2.51. The molecule has 1 aromatic rings. The summed E-state index contributed by atoms with van der Waals surface area (Å²) in [6.07, 6.45) is 2.80. The molecule has 1 amide bonds. The van der Waals surface area contributed by atoms with Crippen LogP contribution in [-0.2, 0) is 28.6 Å². The summed E-state index contributed by atoms with van der Waals surface area (Å²) >= 11 is 0. The fraction of sp³-hybridized carbons (Fsp3) is 0.438. The third kappa shape index (κ3) is 5.00. The van der Waals surface area contributed by atoms with Gasteiger partial charge in [0.25, 0.3) is 5.91 Å². The van der Waals surface area contributed by atoms with Gasteiger partial charge in [0, 0.05) is 18.3 Å². The van der Waals surface area contributed by atoms with Crippen molar-refractivity contribution in [2.45, 2.75) is 13.0 Å². The van der Waals surface area contributed by atoms with Gasteiger partial charge in [-0.2, -0.15) is 0 Å². The van der Waals surface area contributed by atoms with Gasteiger partial charge in [0.2, 0.25) is 0 Å². The molecule has 9 heteroatoms. The Morgan fingerprint density at radius 2 is 1.56 bits per heavy atom. The molecule has 1 rings (SSSR count). The molecule has 25 heavy (non-hydrogen) atoms. The van der Waals surface area contributed by atoms with E-state index in [0.29, 0.717) is 0 Å². The smallest absolute Gasteiger partial charge is 0.328 e. The summed E-state index contributed by atoms with van der Waals surface area (Å²) in [5.41, 5.74) is 0.205. The van der Waals surface area contributed by atoms with Crippen LogP contribution in [0.2, 0.25) is 0 Å². The number of carbonyl (C=O) groups excluding carboxylic acids is 4. The van der Waals surface area contributed by atoms with E-state index in [9.17, 15) is 19.2 Å². The predicted molar refractivity (Wildman–Crippen MR) is 84.2 cm³/mol. The number of carbonyl (C=O) groups is 4. The first-order chi connectivity index (χ1) is 11.9. The number of nitrogens with zero attached hydrogens (tertiary/aromatic N) is 1. The zero-order valence-corrected chi connectivity index (χ0v) is 14.3. The molecule has 0 fully saturated rings. The van der Waals surface area contributed by atoms with Crippen LogP contribution in [-0.4, -0.2) is 56.2 Å². The van der Waals surface area contributed by atoms with Crippen LogP contribution < -0.4 is 5.32 Å². The van der Waals surface area contributed by atoms with Gasteiger partial charge < -0.3 is 19.5 Å². The molecule has 2 atom stereocenters. The highest BCUT2D eigenvalue weighted by Gasteiger charge is 2.42. The largest absolute Gasteiger partial charge is 0.468 e. The van der Waals surface area contributed by atoms with E-state index in [1.807, 2.05) is 0 Å². The van der Waals surface area contributed by atoms with Crippen LogP contribution >= 0.6 is 0 Å². The molecule has 0 aliphatic heterocycles. The van der Waals surface area contributed by atoms with E-state index in [-0.39, 0.29) is 5.56 Å². The topological polar surface area (TPSA) is 121 Å². The van der Waals surface area contributed by atoms with Gasteiger partial charge in [-0.15, -0.1) is 0 Å². The maximum absolute atomic E-state index is 12.3. The minimum Gasteiger partial charge on any atom is -0.468 e. The lowest BCUT2D eigenvalue weighted by atomic mass is 9.87. The Balaban J connectivity index is 3.11. The molecular formula is C16H20N2O7. The first-order valence-corrected chi connectivity index (χ1v) is 7.31. The van der Waals surface area contributed by atoms with Crippen molar-refractivity contribution in [2.24, 2.45) is 11.8 Å². The normalized spacial score (nSPS) is 12.7. The molecule has 0 aromatic carbocycles. The fourth-order valence-corrected chi connectivity index (χ4v) is 2.23. The van der Waals surface area contributed by atoms with Crippen LogP contribution in [0.15, 0.2) is 24.5 Å². The number of pyridine rings is 1. The summed E-state index contributed by atoms with van der Waals surface area (Å²) < 4.78 is 13.9. The molecule has 0 spiro atoms. The van der Waals surface area contributed by atoms with E-state index in [1.54, 1.807) is 6.07 Å². The minimum absolute atomic E-state index is 0.205. The molecule has 0 aliphatic rings. The number of nitrogens with one attached hydrogen (secondary N) is 1. The Morgan fingerprint density at radius 1 is 1.00 bits per heavy atom. The second kappa shape index (κ2) is 9.36. The lowest BCUT2D eigenvalue weighted by molar-refractivity contribution is -0.162. The van der Waals surface area contributed by atoms with E-state index in [4.69, 9.17) is 0 Å². The predicted octanol–water partition coefficient (Wildman–Crippen LogP) is -0.0487. The van der Waals surface area contributed by atoms with Crippen LogP contribution in [0.4, 0.5) is 0 Å². The van der Waals surface area contributed by atoms with Gasteiger partial charge in [0.05, 0.1) is 26.9 Å². The van der Waals surface area contributed by atoms with E-state index in [0.717, 1.165) is 21.3 Å². The molecular weight excluding hydrogens is 332 g/mol. The number of rotatable bonds is 7. The summed E-state index contributed by atoms with van der Waals surface area (Å²) in [4.78, 5) is 52.0. The lowest BCUT2D eigenvalue weighted by Gasteiger charge is -2.27. The third-order valence-corrected chi connectivity index (χ3v) is 3.63. The first kappa shape index (κ1) is 20.1. The van der Waals surface area contributed by atoms with Gasteiger partial charge in [0.15, 0.2) is 5.92 Å². The Hall–Kier alpha value is -2.97. The van der Waals surface area contributed by atoms with Crippen LogP contribution in [0.25, 0.3) is 0 Å². The highest BCUT2D eigenvalue weighted by atomic mass is 16.5. The van der Waals surface area contributed by atoms with Crippen molar-refractivity contribution in [3.63, 3.8) is 0 Å². The monoisotopic (exact) mass is 352 g/mol. The SMILES string of the molecule is COC(=O)C(C(=O)OC)[C@@H](C)[C@H](NC(=O)c1cccnc1)C(=O)OC. The molecule has 0 saturated carbocycles. The first-order valence-electron chi connectivity index (χ1n) is 7.31. The van der Waals surface area contributed by atoms with E-state index in [1.165, 1.54) is 25.4 Å². The maximum atomic E-state index is 12.3. The van der Waals surface area contributed by atoms with Crippen molar-refractivity contribution in [3.05, 3.63) is 30.1 Å². The Morgan fingerprint density at radius 3 is 2.00 bits per heavy atom. The molecule has 0 unspecified atom stereocenters. The number of hydrogen-bond donors (Lipinski definition) is 1. The molecule has 0 aliphatic carbocycles. The highest BCUT2D eigenvalue weighted by Crippen LogP contribution is 2.20. The minimum atomic E-state index is -1.41. The van der Waals surface area contributed by atoms with Crippen molar-refractivity contribution in [2.75, 3.05) is 21.3 Å². The van der Waals surface area contributed by atoms with Crippen LogP contribution in [0.5, 0.6) is 0 Å². The van der Waals surface area contributed by atoms with Gasteiger partial charge in [0.1, 0.15) is 6.04 Å². The van der Waals surface area contributed by atoms with Gasteiger partial charge >= 0.3 is 17.9 Å². The molecule has 9 nitrogen and oxygen atoms in total. The molecule has 136 valence electrons. The average Bonchev–Trinajstić information content (AvgIpc) is 2.65. The quantitative estimate of drug-likeness (QED) is 0.412. The number of aromatic nitrogens is 1. The number of hydrogen-bond acceptors (Lipinski definition) is 8. The zero-order chi connectivity index (χ0) is 19.0. The second-order valence-electron chi connectivity index (χ2n) is 5.10.